The number of anilines is 2. The molecule has 5 rings (SSSR count). The molecule has 2 aromatic heterocycles. The summed E-state index contributed by atoms with van der Waals surface area (Å²) in [4.78, 5) is 43.1. The molecule has 3 N–H and O–H groups in total. The van der Waals surface area contributed by atoms with E-state index in [2.05, 4.69) is 51.5 Å². The molecule has 44 heavy (non-hydrogen) atoms. The number of pyridine rings is 1. The molecule has 0 spiro atoms. The highest BCUT2D eigenvalue weighted by Crippen LogP contribution is 2.29. The molecule has 0 aliphatic carbocycles. The summed E-state index contributed by atoms with van der Waals surface area (Å²) in [5.41, 5.74) is 5.96. The molecule has 10 heteroatoms. The van der Waals surface area contributed by atoms with Crippen LogP contribution in [0.2, 0.25) is 0 Å². The maximum absolute atomic E-state index is 12.3. The van der Waals surface area contributed by atoms with Gasteiger partial charge in [-0.3, -0.25) is 10.1 Å². The fourth-order valence-corrected chi connectivity index (χ4v) is 5.44. The summed E-state index contributed by atoms with van der Waals surface area (Å²) in [7, 11) is 4.04. The van der Waals surface area contributed by atoms with Crippen LogP contribution in [0.1, 0.15) is 29.5 Å². The van der Waals surface area contributed by atoms with Crippen molar-refractivity contribution >= 4 is 45.9 Å². The Bertz CT molecular complexity index is 1750. The van der Waals surface area contributed by atoms with E-state index in [1.54, 1.807) is 29.8 Å². The molecule has 2 heterocycles. The van der Waals surface area contributed by atoms with Crippen LogP contribution >= 0.6 is 11.3 Å². The molecule has 0 fully saturated rings. The van der Waals surface area contributed by atoms with Crippen molar-refractivity contribution in [3.05, 3.63) is 112 Å². The third-order valence-electron chi connectivity index (χ3n) is 6.85. The number of rotatable bonds is 10. The molecule has 0 saturated heterocycles. The Labute approximate surface area is 260 Å². The van der Waals surface area contributed by atoms with Gasteiger partial charge in [0.15, 0.2) is 0 Å². The van der Waals surface area contributed by atoms with Crippen LogP contribution in [0, 0.1) is 6.92 Å². The van der Waals surface area contributed by atoms with Crippen LogP contribution in [0.3, 0.4) is 0 Å². The molecule has 1 unspecified atom stereocenters. The number of nitrogens with one attached hydrogen (secondary N) is 3. The van der Waals surface area contributed by atoms with Gasteiger partial charge in [0.2, 0.25) is 0 Å². The van der Waals surface area contributed by atoms with Gasteiger partial charge in [-0.1, -0.05) is 37.3 Å². The Balaban J connectivity index is 0.000000246. The first-order chi connectivity index (χ1) is 21.2. The number of carbonyl (C=O) groups excluding carboxylic acids is 2. The van der Waals surface area contributed by atoms with Crippen molar-refractivity contribution < 1.29 is 14.3 Å². The number of amides is 1. The van der Waals surface area contributed by atoms with E-state index < -0.39 is 6.09 Å². The SMILES string of the molecule is Cc1ccccc1C(C)COC(=O)Nc1ccc(-c2nccs2)c(CN(C)C)c1.O=CCNc1ccc2cc[nH]c(=O)c2c1. The summed E-state index contributed by atoms with van der Waals surface area (Å²) in [6, 6.07) is 21.3. The number of carbonyl (C=O) groups is 2. The van der Waals surface area contributed by atoms with Crippen LogP contribution in [0.4, 0.5) is 16.2 Å². The van der Waals surface area contributed by atoms with Crippen LogP contribution in [0.5, 0.6) is 0 Å². The summed E-state index contributed by atoms with van der Waals surface area (Å²) in [5, 5.41) is 10.2. The molecule has 1 amide bonds. The lowest BCUT2D eigenvalue weighted by Crippen LogP contribution is -2.18. The fraction of sp³-hybridized carbons (Fsp3) is 0.235. The molecule has 228 valence electrons. The Morgan fingerprint density at radius 3 is 2.61 bits per heavy atom. The topological polar surface area (TPSA) is 116 Å². The van der Waals surface area contributed by atoms with E-state index in [0.29, 0.717) is 12.0 Å². The van der Waals surface area contributed by atoms with Crippen molar-refractivity contribution in [2.24, 2.45) is 0 Å². The van der Waals surface area contributed by atoms with Crippen LogP contribution in [0.25, 0.3) is 21.3 Å². The van der Waals surface area contributed by atoms with Crippen molar-refractivity contribution in [3.63, 3.8) is 0 Å². The molecule has 5 aromatic rings. The first-order valence-electron chi connectivity index (χ1n) is 14.2. The zero-order valence-corrected chi connectivity index (χ0v) is 26.1. The smallest absolute Gasteiger partial charge is 0.411 e. The third kappa shape index (κ3) is 8.85. The fourth-order valence-electron chi connectivity index (χ4n) is 4.74. The minimum absolute atomic E-state index is 0.123. The second kappa shape index (κ2) is 15.6. The van der Waals surface area contributed by atoms with Crippen LogP contribution < -0.4 is 16.2 Å². The lowest BCUT2D eigenvalue weighted by molar-refractivity contribution is -0.106. The van der Waals surface area contributed by atoms with Crippen molar-refractivity contribution in [2.45, 2.75) is 26.3 Å². The zero-order chi connectivity index (χ0) is 31.5. The standard InChI is InChI=1S/C23H27N3O2S.C11H10N2O2/c1-16-7-5-6-8-20(16)17(2)15-28-23(27)25-19-9-10-21(22-24-11-12-29-22)18(13-19)14-26(3)4;14-6-5-12-9-2-1-8-3-4-13-11(15)10(8)7-9/h5-13,17H,14-15H2,1-4H3,(H,25,27);1-4,6-7,12H,5H2,(H,13,15). The normalized spacial score (nSPS) is 11.4. The lowest BCUT2D eigenvalue weighted by Gasteiger charge is -2.17. The average Bonchev–Trinajstić information content (AvgIpc) is 3.54. The molecular formula is C34H37N5O4S. The van der Waals surface area contributed by atoms with E-state index in [1.165, 1.54) is 11.1 Å². The van der Waals surface area contributed by atoms with Gasteiger partial charge in [-0.25, -0.2) is 9.78 Å². The number of aromatic nitrogens is 2. The summed E-state index contributed by atoms with van der Waals surface area (Å²) in [5.74, 6) is 0.138. The molecule has 0 bridgehead atoms. The summed E-state index contributed by atoms with van der Waals surface area (Å²) < 4.78 is 5.47. The largest absolute Gasteiger partial charge is 0.449 e. The number of H-pyrrole nitrogens is 1. The van der Waals surface area contributed by atoms with Crippen LogP contribution in [-0.2, 0) is 16.1 Å². The predicted octanol–water partition coefficient (Wildman–Crippen LogP) is 6.67. The van der Waals surface area contributed by atoms with Gasteiger partial charge in [-0.2, -0.15) is 0 Å². The highest BCUT2D eigenvalue weighted by atomic mass is 32.1. The van der Waals surface area contributed by atoms with Crippen LogP contribution in [-0.4, -0.2) is 54.5 Å². The van der Waals surface area contributed by atoms with E-state index in [-0.39, 0.29) is 18.0 Å². The summed E-state index contributed by atoms with van der Waals surface area (Å²) in [6.45, 7) is 5.47. The Morgan fingerprint density at radius 2 is 1.89 bits per heavy atom. The van der Waals surface area contributed by atoms with Crippen molar-refractivity contribution in [2.75, 3.05) is 37.9 Å². The predicted molar refractivity (Wildman–Crippen MR) is 179 cm³/mol. The molecular weight excluding hydrogens is 574 g/mol. The van der Waals surface area contributed by atoms with Gasteiger partial charge in [-0.05, 0) is 79.5 Å². The Morgan fingerprint density at radius 1 is 1.09 bits per heavy atom. The summed E-state index contributed by atoms with van der Waals surface area (Å²) in [6.07, 6.45) is 3.75. The number of benzene rings is 3. The van der Waals surface area contributed by atoms with Crippen molar-refractivity contribution in [1.29, 1.82) is 0 Å². The molecule has 1 atom stereocenters. The number of hydrogen-bond donors (Lipinski definition) is 3. The van der Waals surface area contributed by atoms with Gasteiger partial charge in [0.1, 0.15) is 11.3 Å². The molecule has 0 aliphatic heterocycles. The third-order valence-corrected chi connectivity index (χ3v) is 7.66. The van der Waals surface area contributed by atoms with E-state index in [9.17, 15) is 14.4 Å². The quantitative estimate of drug-likeness (QED) is 0.151. The molecule has 0 saturated carbocycles. The van der Waals surface area contributed by atoms with Gasteiger partial charge >= 0.3 is 6.09 Å². The number of fused-ring (bicyclic) bond motifs is 1. The maximum Gasteiger partial charge on any atom is 0.411 e. The Hall–Kier alpha value is -4.80. The highest BCUT2D eigenvalue weighted by molar-refractivity contribution is 7.13. The van der Waals surface area contributed by atoms with Crippen LogP contribution in [0.15, 0.2) is 89.3 Å². The first-order valence-corrected chi connectivity index (χ1v) is 15.1. The number of thiazole rings is 1. The average molecular weight is 612 g/mol. The minimum Gasteiger partial charge on any atom is -0.449 e. The monoisotopic (exact) mass is 611 g/mol. The van der Waals surface area contributed by atoms with E-state index in [4.69, 9.17) is 4.74 Å². The number of aromatic amines is 1. The lowest BCUT2D eigenvalue weighted by atomic mass is 9.97. The molecule has 3 aromatic carbocycles. The van der Waals surface area contributed by atoms with Crippen molar-refractivity contribution in [1.82, 2.24) is 14.9 Å². The second-order valence-electron chi connectivity index (χ2n) is 10.6. The van der Waals surface area contributed by atoms with Gasteiger partial charge in [0.05, 0.1) is 13.2 Å². The van der Waals surface area contributed by atoms with Gasteiger partial charge in [0.25, 0.3) is 5.56 Å². The number of hydrogen-bond acceptors (Lipinski definition) is 8. The van der Waals surface area contributed by atoms with Gasteiger partial charge in [0, 0.05) is 52.6 Å². The van der Waals surface area contributed by atoms with Gasteiger partial charge in [-0.15, -0.1) is 11.3 Å². The highest BCUT2D eigenvalue weighted by Gasteiger charge is 2.14. The van der Waals surface area contributed by atoms with Crippen molar-refractivity contribution in [3.8, 4) is 10.6 Å². The van der Waals surface area contributed by atoms with E-state index in [1.807, 2.05) is 68.0 Å². The Kier molecular flexibility index (Phi) is 11.4. The maximum atomic E-state index is 12.3. The zero-order valence-electron chi connectivity index (χ0n) is 25.3. The summed E-state index contributed by atoms with van der Waals surface area (Å²) >= 11 is 1.61. The first kappa shape index (κ1) is 32.1. The molecule has 0 radical (unpaired) electrons. The van der Waals surface area contributed by atoms with E-state index in [0.717, 1.165) is 45.7 Å². The van der Waals surface area contributed by atoms with Gasteiger partial charge < -0.3 is 24.7 Å². The minimum atomic E-state index is -0.441. The number of nitrogens with zero attached hydrogens (tertiary/aromatic N) is 2. The number of aldehydes is 1. The number of aryl methyl sites for hydroxylation is 1. The second-order valence-corrected chi connectivity index (χ2v) is 11.5. The molecule has 9 nitrogen and oxygen atoms in total. The number of ether oxygens (including phenoxy) is 1. The van der Waals surface area contributed by atoms with E-state index >= 15 is 0 Å². The molecule has 0 aliphatic rings.